The van der Waals surface area contributed by atoms with Crippen LogP contribution in [0.2, 0.25) is 0 Å². The van der Waals surface area contributed by atoms with Crippen LogP contribution in [-0.2, 0) is 11.3 Å². The first-order valence-electron chi connectivity index (χ1n) is 8.00. The van der Waals surface area contributed by atoms with Crippen molar-refractivity contribution in [2.24, 2.45) is 0 Å². The Bertz CT molecular complexity index is 701. The van der Waals surface area contributed by atoms with Crippen LogP contribution in [0.4, 0.5) is 0 Å². The van der Waals surface area contributed by atoms with E-state index in [0.717, 1.165) is 47.9 Å². The zero-order valence-corrected chi connectivity index (χ0v) is 13.8. The third-order valence-corrected chi connectivity index (χ3v) is 5.40. The summed E-state index contributed by atoms with van der Waals surface area (Å²) in [4.78, 5) is 20.4. The van der Waals surface area contributed by atoms with Crippen molar-refractivity contribution in [3.8, 4) is 0 Å². The van der Waals surface area contributed by atoms with Gasteiger partial charge in [-0.15, -0.1) is 11.3 Å². The molecule has 2 fully saturated rings. The molecule has 0 radical (unpaired) electrons. The zero-order valence-electron chi connectivity index (χ0n) is 13.0. The van der Waals surface area contributed by atoms with Gasteiger partial charge in [-0.05, 0) is 37.8 Å². The molecule has 122 valence electrons. The molecule has 7 heteroatoms. The number of carbonyl (C=O) groups is 1. The van der Waals surface area contributed by atoms with Gasteiger partial charge in [-0.25, -0.2) is 0 Å². The predicted octanol–water partition coefficient (Wildman–Crippen LogP) is 3.13. The number of hydrogen-bond donors (Lipinski definition) is 0. The fourth-order valence-corrected chi connectivity index (χ4v) is 3.83. The lowest BCUT2D eigenvalue weighted by molar-refractivity contribution is 0.0774. The molecule has 1 aliphatic heterocycles. The molecule has 3 heterocycles. The molecule has 0 bridgehead atoms. The van der Waals surface area contributed by atoms with Crippen LogP contribution in [0, 0.1) is 0 Å². The highest BCUT2D eigenvalue weighted by atomic mass is 32.1. The van der Waals surface area contributed by atoms with Crippen molar-refractivity contribution < 1.29 is 14.1 Å². The monoisotopic (exact) mass is 333 g/mol. The second kappa shape index (κ2) is 6.05. The highest BCUT2D eigenvalue weighted by molar-refractivity contribution is 7.14. The molecule has 1 amide bonds. The number of thiophene rings is 1. The van der Waals surface area contributed by atoms with E-state index >= 15 is 0 Å². The maximum Gasteiger partial charge on any atom is 0.264 e. The smallest absolute Gasteiger partial charge is 0.264 e. The summed E-state index contributed by atoms with van der Waals surface area (Å²) in [7, 11) is 1.76. The van der Waals surface area contributed by atoms with E-state index in [2.05, 4.69) is 10.1 Å². The molecule has 2 aromatic rings. The molecule has 1 unspecified atom stereocenters. The van der Waals surface area contributed by atoms with Gasteiger partial charge in [0.1, 0.15) is 6.54 Å². The first kappa shape index (κ1) is 14.8. The number of rotatable bonds is 5. The van der Waals surface area contributed by atoms with E-state index in [1.54, 1.807) is 11.9 Å². The van der Waals surface area contributed by atoms with Gasteiger partial charge in [0.05, 0.1) is 11.0 Å². The molecule has 2 aliphatic rings. The van der Waals surface area contributed by atoms with Crippen molar-refractivity contribution in [2.75, 3.05) is 13.7 Å². The molecule has 2 aromatic heterocycles. The molecule has 6 nitrogen and oxygen atoms in total. The molecule has 1 aliphatic carbocycles. The fraction of sp³-hybridized carbons (Fsp3) is 0.562. The van der Waals surface area contributed by atoms with Gasteiger partial charge in [0.2, 0.25) is 5.89 Å². The minimum absolute atomic E-state index is 0.0228. The molecule has 0 spiro atoms. The van der Waals surface area contributed by atoms with Crippen LogP contribution in [0.15, 0.2) is 16.7 Å². The summed E-state index contributed by atoms with van der Waals surface area (Å²) in [5, 5.41) is 3.98. The Hall–Kier alpha value is -1.73. The van der Waals surface area contributed by atoms with Gasteiger partial charge in [-0.1, -0.05) is 5.16 Å². The van der Waals surface area contributed by atoms with Crippen LogP contribution in [0.1, 0.15) is 64.0 Å². The molecular weight excluding hydrogens is 314 g/mol. The predicted molar refractivity (Wildman–Crippen MR) is 84.3 cm³/mol. The Morgan fingerprint density at radius 3 is 3.00 bits per heavy atom. The van der Waals surface area contributed by atoms with E-state index < -0.39 is 0 Å². The zero-order chi connectivity index (χ0) is 15.8. The van der Waals surface area contributed by atoms with E-state index in [-0.39, 0.29) is 12.0 Å². The van der Waals surface area contributed by atoms with Crippen molar-refractivity contribution in [1.29, 1.82) is 0 Å². The number of ether oxygens (including phenoxy) is 1. The topological polar surface area (TPSA) is 68.5 Å². The third kappa shape index (κ3) is 3.16. The number of amides is 1. The second-order valence-corrected chi connectivity index (χ2v) is 7.30. The average molecular weight is 333 g/mol. The van der Waals surface area contributed by atoms with Crippen LogP contribution < -0.4 is 0 Å². The summed E-state index contributed by atoms with van der Waals surface area (Å²) >= 11 is 1.51. The van der Waals surface area contributed by atoms with Gasteiger partial charge in [0.15, 0.2) is 5.82 Å². The molecule has 1 atom stereocenters. The quantitative estimate of drug-likeness (QED) is 0.841. The molecule has 4 rings (SSSR count). The van der Waals surface area contributed by atoms with Crippen molar-refractivity contribution in [3.63, 3.8) is 0 Å². The number of nitrogens with zero attached hydrogens (tertiary/aromatic N) is 3. The number of aromatic nitrogens is 2. The van der Waals surface area contributed by atoms with Crippen LogP contribution >= 0.6 is 11.3 Å². The van der Waals surface area contributed by atoms with Crippen LogP contribution in [-0.4, -0.2) is 34.6 Å². The van der Waals surface area contributed by atoms with Gasteiger partial charge in [0.25, 0.3) is 5.91 Å². The Labute approximate surface area is 138 Å². The van der Waals surface area contributed by atoms with Gasteiger partial charge in [-0.2, -0.15) is 4.98 Å². The molecule has 1 saturated heterocycles. The lowest BCUT2D eigenvalue weighted by atomic mass is 10.2. The minimum Gasteiger partial charge on any atom is -0.373 e. The number of carbonyl (C=O) groups excluding carboxylic acids is 1. The molecule has 0 aromatic carbocycles. The van der Waals surface area contributed by atoms with E-state index in [1.807, 2.05) is 12.1 Å². The Morgan fingerprint density at radius 2 is 2.26 bits per heavy atom. The number of hydrogen-bond acceptors (Lipinski definition) is 6. The highest BCUT2D eigenvalue weighted by Crippen LogP contribution is 2.38. The summed E-state index contributed by atoms with van der Waals surface area (Å²) in [5.41, 5.74) is 0. The summed E-state index contributed by atoms with van der Waals surface area (Å²) in [6.07, 6.45) is 4.55. The fourth-order valence-electron chi connectivity index (χ4n) is 2.75. The van der Waals surface area contributed by atoms with E-state index in [4.69, 9.17) is 9.26 Å². The van der Waals surface area contributed by atoms with Crippen molar-refractivity contribution >= 4 is 17.2 Å². The van der Waals surface area contributed by atoms with Crippen molar-refractivity contribution in [2.45, 2.75) is 44.2 Å². The maximum absolute atomic E-state index is 12.5. The lowest BCUT2D eigenvalue weighted by Crippen LogP contribution is -2.25. The van der Waals surface area contributed by atoms with Gasteiger partial charge in [0, 0.05) is 24.4 Å². The largest absolute Gasteiger partial charge is 0.373 e. The lowest BCUT2D eigenvalue weighted by Gasteiger charge is -2.13. The van der Waals surface area contributed by atoms with E-state index in [9.17, 15) is 4.79 Å². The molecular formula is C16H19N3O3S. The second-order valence-electron chi connectivity index (χ2n) is 6.19. The third-order valence-electron chi connectivity index (χ3n) is 4.23. The van der Waals surface area contributed by atoms with Crippen molar-refractivity contribution in [3.05, 3.63) is 33.6 Å². The van der Waals surface area contributed by atoms with Crippen LogP contribution in [0.25, 0.3) is 0 Å². The summed E-state index contributed by atoms with van der Waals surface area (Å²) in [5.74, 6) is 1.71. The first-order valence-corrected chi connectivity index (χ1v) is 8.81. The highest BCUT2D eigenvalue weighted by Gasteiger charge is 2.29. The van der Waals surface area contributed by atoms with E-state index in [1.165, 1.54) is 11.3 Å². The Morgan fingerprint density at radius 1 is 1.39 bits per heavy atom. The standard InChI is InChI=1S/C16H19N3O3S/c1-19(9-14-17-15(18-22-14)10-4-5-10)16(20)13-7-6-12(23-13)11-3-2-8-21-11/h6-7,10-11H,2-5,8-9H2,1H3. The molecule has 0 N–H and O–H groups in total. The maximum atomic E-state index is 12.5. The van der Waals surface area contributed by atoms with E-state index in [0.29, 0.717) is 18.4 Å². The van der Waals surface area contributed by atoms with Crippen molar-refractivity contribution in [1.82, 2.24) is 15.0 Å². The molecule has 23 heavy (non-hydrogen) atoms. The Balaban J connectivity index is 1.40. The average Bonchev–Trinajstić information content (AvgIpc) is 3.02. The first-order chi connectivity index (χ1) is 11.2. The van der Waals surface area contributed by atoms with Gasteiger partial charge >= 0.3 is 0 Å². The summed E-state index contributed by atoms with van der Waals surface area (Å²) < 4.78 is 10.9. The minimum atomic E-state index is -0.0228. The van der Waals surface area contributed by atoms with Gasteiger partial charge in [-0.3, -0.25) is 4.79 Å². The Kier molecular flexibility index (Phi) is 3.90. The van der Waals surface area contributed by atoms with Gasteiger partial charge < -0.3 is 14.2 Å². The van der Waals surface area contributed by atoms with Crippen LogP contribution in [0.5, 0.6) is 0 Å². The molecule has 1 saturated carbocycles. The summed E-state index contributed by atoms with van der Waals surface area (Å²) in [6, 6.07) is 3.88. The summed E-state index contributed by atoms with van der Waals surface area (Å²) in [6.45, 7) is 1.15. The normalized spacial score (nSPS) is 20.8. The van der Waals surface area contributed by atoms with Crippen LogP contribution in [0.3, 0.4) is 0 Å². The SMILES string of the molecule is CN(Cc1nc(C2CC2)no1)C(=O)c1ccc(C2CCCO2)s1.